The number of fused-ring (bicyclic) bond motifs is 1. The molecule has 0 aliphatic carbocycles. The predicted molar refractivity (Wildman–Crippen MR) is 121 cm³/mol. The summed E-state index contributed by atoms with van der Waals surface area (Å²) in [6, 6.07) is 16.1. The van der Waals surface area contributed by atoms with Crippen molar-refractivity contribution in [3.05, 3.63) is 65.2 Å². The van der Waals surface area contributed by atoms with Gasteiger partial charge in [0.1, 0.15) is 5.75 Å². The molecule has 2 fully saturated rings. The van der Waals surface area contributed by atoms with E-state index in [2.05, 4.69) is 12.1 Å². The molecule has 5 heteroatoms. The molecule has 2 aliphatic rings. The van der Waals surface area contributed by atoms with Gasteiger partial charge >= 0.3 is 0 Å². The lowest BCUT2D eigenvalue weighted by molar-refractivity contribution is -0.145. The van der Waals surface area contributed by atoms with Gasteiger partial charge in [-0.05, 0) is 50.5 Å². The first-order chi connectivity index (χ1) is 14.7. The number of aryl methyl sites for hydroxylation is 1. The van der Waals surface area contributed by atoms with E-state index in [4.69, 9.17) is 4.74 Å². The van der Waals surface area contributed by atoms with E-state index < -0.39 is 5.60 Å². The number of rotatable bonds is 4. The first-order valence-corrected chi connectivity index (χ1v) is 11.1. The smallest absolute Gasteiger partial charge is 0.266 e. The van der Waals surface area contributed by atoms with Crippen molar-refractivity contribution in [3.8, 4) is 5.75 Å². The fourth-order valence-electron chi connectivity index (χ4n) is 5.15. The number of nitrogens with zero attached hydrogens (tertiary/aromatic N) is 2. The SMILES string of the molecule is CC(=O)N1C[C@H]2CN(C(=O)C(C)(C)Oc3cccc(C)c3C)C[C@H]2[C@@H]1c1ccccc1. The Morgan fingerprint density at radius 3 is 2.35 bits per heavy atom. The Balaban J connectivity index is 1.53. The van der Waals surface area contributed by atoms with Gasteiger partial charge in [0.2, 0.25) is 5.91 Å². The van der Waals surface area contributed by atoms with E-state index in [0.717, 1.165) is 22.4 Å². The van der Waals surface area contributed by atoms with Crippen LogP contribution in [0, 0.1) is 25.7 Å². The second-order valence-electron chi connectivity index (χ2n) is 9.47. The molecule has 0 spiro atoms. The normalized spacial score (nSPS) is 23.1. The minimum atomic E-state index is -0.959. The van der Waals surface area contributed by atoms with Crippen molar-refractivity contribution in [1.82, 2.24) is 9.80 Å². The van der Waals surface area contributed by atoms with Crippen LogP contribution in [-0.4, -0.2) is 46.8 Å². The molecular formula is C26H32N2O3. The number of carbonyl (C=O) groups is 2. The molecule has 3 atom stereocenters. The van der Waals surface area contributed by atoms with E-state index in [1.807, 2.05) is 73.9 Å². The Morgan fingerprint density at radius 2 is 1.68 bits per heavy atom. The molecule has 2 saturated heterocycles. The molecule has 2 aromatic rings. The van der Waals surface area contributed by atoms with Crippen LogP contribution in [0.1, 0.15) is 43.5 Å². The van der Waals surface area contributed by atoms with E-state index in [1.165, 1.54) is 0 Å². The Bertz CT molecular complexity index is 985. The number of hydrogen-bond donors (Lipinski definition) is 0. The summed E-state index contributed by atoms with van der Waals surface area (Å²) in [6.07, 6.45) is 0. The average Bonchev–Trinajstić information content (AvgIpc) is 3.29. The average molecular weight is 421 g/mol. The number of carbonyl (C=O) groups excluding carboxylic acids is 2. The maximum absolute atomic E-state index is 13.5. The molecule has 0 N–H and O–H groups in total. The second kappa shape index (κ2) is 8.03. The van der Waals surface area contributed by atoms with Crippen LogP contribution in [0.5, 0.6) is 5.75 Å². The Labute approximate surface area is 185 Å². The van der Waals surface area contributed by atoms with Gasteiger partial charge in [0, 0.05) is 38.4 Å². The number of hydrogen-bond acceptors (Lipinski definition) is 3. The fourth-order valence-corrected chi connectivity index (χ4v) is 5.15. The monoisotopic (exact) mass is 420 g/mol. The number of likely N-dealkylation sites (tertiary alicyclic amines) is 2. The summed E-state index contributed by atoms with van der Waals surface area (Å²) in [5.74, 6) is 1.38. The lowest BCUT2D eigenvalue weighted by Crippen LogP contribution is -2.49. The van der Waals surface area contributed by atoms with Crippen LogP contribution in [-0.2, 0) is 9.59 Å². The lowest BCUT2D eigenvalue weighted by Gasteiger charge is -2.33. The van der Waals surface area contributed by atoms with Crippen LogP contribution in [0.3, 0.4) is 0 Å². The second-order valence-corrected chi connectivity index (χ2v) is 9.47. The molecular weight excluding hydrogens is 388 g/mol. The van der Waals surface area contributed by atoms with Crippen molar-refractivity contribution in [2.75, 3.05) is 19.6 Å². The standard InChI is InChI=1S/C26H32N2O3/c1-17-10-9-13-23(18(17)2)31-26(4,5)25(30)27-14-21-15-28(19(3)29)24(22(21)16-27)20-11-7-6-8-12-20/h6-13,21-22,24H,14-16H2,1-5H3/t21-,22-,24+/m1/s1. The highest BCUT2D eigenvalue weighted by molar-refractivity contribution is 5.85. The molecule has 0 bridgehead atoms. The number of ether oxygens (including phenoxy) is 1. The van der Waals surface area contributed by atoms with Gasteiger partial charge in [-0.25, -0.2) is 0 Å². The molecule has 0 aromatic heterocycles. The molecule has 5 nitrogen and oxygen atoms in total. The van der Waals surface area contributed by atoms with E-state index in [-0.39, 0.29) is 29.7 Å². The van der Waals surface area contributed by atoms with E-state index >= 15 is 0 Å². The highest BCUT2D eigenvalue weighted by Gasteiger charge is 2.51. The third kappa shape index (κ3) is 3.93. The van der Waals surface area contributed by atoms with Crippen LogP contribution < -0.4 is 4.74 Å². The maximum atomic E-state index is 13.5. The molecule has 2 amide bonds. The minimum Gasteiger partial charge on any atom is -0.478 e. The molecule has 164 valence electrons. The molecule has 0 unspecified atom stereocenters. The van der Waals surface area contributed by atoms with Crippen LogP contribution in [0.4, 0.5) is 0 Å². The Morgan fingerprint density at radius 1 is 0.968 bits per heavy atom. The van der Waals surface area contributed by atoms with Crippen molar-refractivity contribution < 1.29 is 14.3 Å². The largest absolute Gasteiger partial charge is 0.478 e. The van der Waals surface area contributed by atoms with Gasteiger partial charge in [-0.3, -0.25) is 9.59 Å². The zero-order valence-corrected chi connectivity index (χ0v) is 19.1. The zero-order valence-electron chi connectivity index (χ0n) is 19.1. The van der Waals surface area contributed by atoms with E-state index in [1.54, 1.807) is 6.92 Å². The summed E-state index contributed by atoms with van der Waals surface area (Å²) >= 11 is 0. The molecule has 4 rings (SSSR count). The molecule has 2 aliphatic heterocycles. The van der Waals surface area contributed by atoms with Crippen LogP contribution in [0.25, 0.3) is 0 Å². The first kappa shape index (κ1) is 21.4. The summed E-state index contributed by atoms with van der Waals surface area (Å²) < 4.78 is 6.22. The molecule has 31 heavy (non-hydrogen) atoms. The van der Waals surface area contributed by atoms with Crippen molar-refractivity contribution >= 4 is 11.8 Å². The Kier molecular flexibility index (Phi) is 5.54. The lowest BCUT2D eigenvalue weighted by atomic mass is 9.89. The maximum Gasteiger partial charge on any atom is 0.266 e. The topological polar surface area (TPSA) is 49.9 Å². The van der Waals surface area contributed by atoms with Gasteiger partial charge in [0.25, 0.3) is 5.91 Å². The van der Waals surface area contributed by atoms with Gasteiger partial charge in [-0.1, -0.05) is 42.5 Å². The van der Waals surface area contributed by atoms with E-state index in [0.29, 0.717) is 19.6 Å². The highest BCUT2D eigenvalue weighted by atomic mass is 16.5. The highest BCUT2D eigenvalue weighted by Crippen LogP contribution is 2.45. The summed E-state index contributed by atoms with van der Waals surface area (Å²) in [5, 5.41) is 0. The van der Waals surface area contributed by atoms with Gasteiger partial charge in [0.15, 0.2) is 5.60 Å². The number of amides is 2. The molecule has 0 radical (unpaired) electrons. The van der Waals surface area contributed by atoms with Crippen molar-refractivity contribution in [1.29, 1.82) is 0 Å². The summed E-state index contributed by atoms with van der Waals surface area (Å²) in [5.41, 5.74) is 2.39. The predicted octanol–water partition coefficient (Wildman–Crippen LogP) is 4.14. The van der Waals surface area contributed by atoms with Crippen LogP contribution in [0.15, 0.2) is 48.5 Å². The third-order valence-corrected chi connectivity index (χ3v) is 6.93. The van der Waals surface area contributed by atoms with Gasteiger partial charge in [-0.15, -0.1) is 0 Å². The summed E-state index contributed by atoms with van der Waals surface area (Å²) in [6.45, 7) is 11.4. The van der Waals surface area contributed by atoms with Crippen LogP contribution in [0.2, 0.25) is 0 Å². The third-order valence-electron chi connectivity index (χ3n) is 6.93. The van der Waals surface area contributed by atoms with Gasteiger partial charge in [-0.2, -0.15) is 0 Å². The molecule has 0 saturated carbocycles. The molecule has 2 heterocycles. The fraction of sp³-hybridized carbons (Fsp3) is 0.462. The van der Waals surface area contributed by atoms with Crippen molar-refractivity contribution in [2.24, 2.45) is 11.8 Å². The first-order valence-electron chi connectivity index (χ1n) is 11.1. The summed E-state index contributed by atoms with van der Waals surface area (Å²) in [4.78, 5) is 29.7. The minimum absolute atomic E-state index is 0.00370. The zero-order chi connectivity index (χ0) is 22.3. The van der Waals surface area contributed by atoms with Gasteiger partial charge < -0.3 is 14.5 Å². The quantitative estimate of drug-likeness (QED) is 0.747. The molecule has 2 aromatic carbocycles. The number of benzene rings is 2. The van der Waals surface area contributed by atoms with E-state index in [9.17, 15) is 9.59 Å². The summed E-state index contributed by atoms with van der Waals surface area (Å²) in [7, 11) is 0. The van der Waals surface area contributed by atoms with Crippen LogP contribution >= 0.6 is 0 Å². The van der Waals surface area contributed by atoms with Gasteiger partial charge in [0.05, 0.1) is 6.04 Å². The van der Waals surface area contributed by atoms with Crippen molar-refractivity contribution in [3.63, 3.8) is 0 Å². The Hall–Kier alpha value is -2.82. The van der Waals surface area contributed by atoms with Crippen molar-refractivity contribution in [2.45, 2.75) is 46.3 Å².